The summed E-state index contributed by atoms with van der Waals surface area (Å²) in [7, 11) is 1.59. The predicted octanol–water partition coefficient (Wildman–Crippen LogP) is 3.54. The van der Waals surface area contributed by atoms with Crippen molar-refractivity contribution in [3.05, 3.63) is 48.2 Å². The van der Waals surface area contributed by atoms with E-state index in [1.807, 2.05) is 19.1 Å². The first-order valence-corrected chi connectivity index (χ1v) is 8.28. The van der Waals surface area contributed by atoms with Crippen molar-refractivity contribution in [2.24, 2.45) is 0 Å². The lowest BCUT2D eigenvalue weighted by Gasteiger charge is -2.13. The van der Waals surface area contributed by atoms with Crippen molar-refractivity contribution in [1.82, 2.24) is 4.98 Å². The van der Waals surface area contributed by atoms with Gasteiger partial charge in [-0.2, -0.15) is 0 Å². The van der Waals surface area contributed by atoms with Crippen LogP contribution in [0.2, 0.25) is 0 Å². The largest absolute Gasteiger partial charge is 0.491 e. The van der Waals surface area contributed by atoms with Gasteiger partial charge >= 0.3 is 0 Å². The van der Waals surface area contributed by atoms with E-state index in [2.05, 4.69) is 17.2 Å². The second-order valence-electron chi connectivity index (χ2n) is 5.51. The molecule has 6 heteroatoms. The molecule has 1 N–H and O–H groups in total. The third kappa shape index (κ3) is 5.76. The Hall–Kier alpha value is -2.60. The number of anilines is 1. The minimum absolute atomic E-state index is 0.155. The van der Waals surface area contributed by atoms with Crippen molar-refractivity contribution >= 4 is 11.6 Å². The molecule has 0 spiro atoms. The Morgan fingerprint density at radius 2 is 1.96 bits per heavy atom. The number of methoxy groups -OCH3 is 1. The van der Waals surface area contributed by atoms with E-state index in [0.717, 1.165) is 12.2 Å². The van der Waals surface area contributed by atoms with E-state index in [4.69, 9.17) is 14.2 Å². The molecule has 0 aliphatic carbocycles. The number of aromatic nitrogens is 1. The van der Waals surface area contributed by atoms with Crippen LogP contribution in [0, 0.1) is 0 Å². The van der Waals surface area contributed by atoms with E-state index >= 15 is 0 Å². The summed E-state index contributed by atoms with van der Waals surface area (Å²) in [5.41, 5.74) is 1.05. The number of benzene rings is 1. The molecule has 2 aromatic rings. The SMILES string of the molecule is CCC(C)Oc1ccc(NC(=O)c2cccnc2OCCOC)cc1. The summed E-state index contributed by atoms with van der Waals surface area (Å²) in [5.74, 6) is 0.780. The summed E-state index contributed by atoms with van der Waals surface area (Å²) in [6.07, 6.45) is 2.67. The number of nitrogens with one attached hydrogen (secondary N) is 1. The van der Waals surface area contributed by atoms with Gasteiger partial charge < -0.3 is 19.5 Å². The first kappa shape index (κ1) is 18.7. The third-order valence-electron chi connectivity index (χ3n) is 3.57. The van der Waals surface area contributed by atoms with Gasteiger partial charge in [-0.25, -0.2) is 4.98 Å². The Bertz CT molecular complexity index is 673. The minimum atomic E-state index is -0.281. The van der Waals surface area contributed by atoms with Crippen LogP contribution < -0.4 is 14.8 Å². The minimum Gasteiger partial charge on any atom is -0.491 e. The van der Waals surface area contributed by atoms with Crippen LogP contribution >= 0.6 is 0 Å². The molecule has 0 aliphatic heterocycles. The lowest BCUT2D eigenvalue weighted by Crippen LogP contribution is -2.15. The number of rotatable bonds is 9. The zero-order valence-corrected chi connectivity index (χ0v) is 14.8. The summed E-state index contributed by atoms with van der Waals surface area (Å²) in [4.78, 5) is 16.6. The number of carbonyl (C=O) groups is 1. The van der Waals surface area contributed by atoms with Gasteiger partial charge in [0.1, 0.15) is 17.9 Å². The van der Waals surface area contributed by atoms with E-state index in [1.165, 1.54) is 0 Å². The second kappa shape index (κ2) is 9.64. The smallest absolute Gasteiger partial charge is 0.261 e. The van der Waals surface area contributed by atoms with E-state index in [9.17, 15) is 4.79 Å². The number of hydrogen-bond acceptors (Lipinski definition) is 5. The summed E-state index contributed by atoms with van der Waals surface area (Å²) >= 11 is 0. The molecule has 0 aliphatic rings. The van der Waals surface area contributed by atoms with Crippen molar-refractivity contribution in [2.45, 2.75) is 26.4 Å². The number of hydrogen-bond donors (Lipinski definition) is 1. The van der Waals surface area contributed by atoms with Crippen molar-refractivity contribution in [3.63, 3.8) is 0 Å². The van der Waals surface area contributed by atoms with Gasteiger partial charge in [-0.05, 0) is 49.7 Å². The lowest BCUT2D eigenvalue weighted by atomic mass is 10.2. The van der Waals surface area contributed by atoms with Gasteiger partial charge in [0.25, 0.3) is 5.91 Å². The molecule has 1 aromatic carbocycles. The number of amides is 1. The number of ether oxygens (including phenoxy) is 3. The van der Waals surface area contributed by atoms with Gasteiger partial charge in [-0.1, -0.05) is 6.92 Å². The molecular weight excluding hydrogens is 320 g/mol. The third-order valence-corrected chi connectivity index (χ3v) is 3.57. The van der Waals surface area contributed by atoms with Crippen LogP contribution in [0.1, 0.15) is 30.6 Å². The maximum absolute atomic E-state index is 12.5. The van der Waals surface area contributed by atoms with Crippen LogP contribution in [-0.4, -0.2) is 37.3 Å². The standard InChI is InChI=1S/C19H24N2O4/c1-4-14(2)25-16-9-7-15(8-10-16)21-18(22)17-6-5-11-20-19(17)24-13-12-23-3/h5-11,14H,4,12-13H2,1-3H3,(H,21,22). The fourth-order valence-electron chi connectivity index (χ4n) is 2.03. The molecule has 1 heterocycles. The highest BCUT2D eigenvalue weighted by Gasteiger charge is 2.14. The molecule has 0 fully saturated rings. The monoisotopic (exact) mass is 344 g/mol. The highest BCUT2D eigenvalue weighted by molar-refractivity contribution is 6.05. The number of nitrogens with zero attached hydrogens (tertiary/aromatic N) is 1. The van der Waals surface area contributed by atoms with E-state index in [-0.39, 0.29) is 17.9 Å². The molecule has 0 radical (unpaired) electrons. The summed E-state index contributed by atoms with van der Waals surface area (Å²) in [6.45, 7) is 4.84. The summed E-state index contributed by atoms with van der Waals surface area (Å²) < 4.78 is 16.2. The topological polar surface area (TPSA) is 69.7 Å². The Morgan fingerprint density at radius 1 is 1.20 bits per heavy atom. The first-order chi connectivity index (χ1) is 12.1. The van der Waals surface area contributed by atoms with Gasteiger partial charge in [0.05, 0.1) is 12.7 Å². The van der Waals surface area contributed by atoms with Gasteiger partial charge in [0.2, 0.25) is 5.88 Å². The Kier molecular flexibility index (Phi) is 7.22. The normalized spacial score (nSPS) is 11.6. The molecule has 2 rings (SSSR count). The molecule has 0 saturated carbocycles. The quantitative estimate of drug-likeness (QED) is 0.705. The van der Waals surface area contributed by atoms with Crippen molar-refractivity contribution in [2.75, 3.05) is 25.6 Å². The van der Waals surface area contributed by atoms with Crippen LogP contribution in [0.25, 0.3) is 0 Å². The number of pyridine rings is 1. The molecule has 1 amide bonds. The molecule has 25 heavy (non-hydrogen) atoms. The molecule has 1 aromatic heterocycles. The molecule has 0 saturated heterocycles. The van der Waals surface area contributed by atoms with Crippen LogP contribution in [0.3, 0.4) is 0 Å². The molecule has 134 valence electrons. The maximum Gasteiger partial charge on any atom is 0.261 e. The zero-order chi connectivity index (χ0) is 18.1. The molecule has 1 unspecified atom stereocenters. The average Bonchev–Trinajstić information content (AvgIpc) is 2.64. The highest BCUT2D eigenvalue weighted by Crippen LogP contribution is 2.20. The first-order valence-electron chi connectivity index (χ1n) is 8.28. The van der Waals surface area contributed by atoms with Crippen molar-refractivity contribution in [1.29, 1.82) is 0 Å². The van der Waals surface area contributed by atoms with Crippen molar-refractivity contribution in [3.8, 4) is 11.6 Å². The van der Waals surface area contributed by atoms with E-state index < -0.39 is 0 Å². The van der Waals surface area contributed by atoms with Gasteiger partial charge in [0, 0.05) is 19.0 Å². The second-order valence-corrected chi connectivity index (χ2v) is 5.51. The fraction of sp³-hybridized carbons (Fsp3) is 0.368. The Labute approximate surface area is 148 Å². The van der Waals surface area contributed by atoms with Crippen molar-refractivity contribution < 1.29 is 19.0 Å². The molecule has 1 atom stereocenters. The Morgan fingerprint density at radius 3 is 2.64 bits per heavy atom. The molecular formula is C19H24N2O4. The Balaban J connectivity index is 2.02. The van der Waals surface area contributed by atoms with Crippen LogP contribution in [0.5, 0.6) is 11.6 Å². The molecule has 6 nitrogen and oxygen atoms in total. The predicted molar refractivity (Wildman–Crippen MR) is 96.4 cm³/mol. The molecule has 0 bridgehead atoms. The summed E-state index contributed by atoms with van der Waals surface area (Å²) in [6, 6.07) is 10.6. The lowest BCUT2D eigenvalue weighted by molar-refractivity contribution is 0.101. The maximum atomic E-state index is 12.5. The van der Waals surface area contributed by atoms with E-state index in [0.29, 0.717) is 24.5 Å². The van der Waals surface area contributed by atoms with Gasteiger partial charge in [-0.3, -0.25) is 4.79 Å². The van der Waals surface area contributed by atoms with Gasteiger partial charge in [-0.15, -0.1) is 0 Å². The van der Waals surface area contributed by atoms with Gasteiger partial charge in [0.15, 0.2) is 0 Å². The highest BCUT2D eigenvalue weighted by atomic mass is 16.5. The van der Waals surface area contributed by atoms with Crippen LogP contribution in [0.4, 0.5) is 5.69 Å². The number of carbonyl (C=O) groups excluding carboxylic acids is 1. The van der Waals surface area contributed by atoms with E-state index in [1.54, 1.807) is 37.6 Å². The fourth-order valence-corrected chi connectivity index (χ4v) is 2.03. The van der Waals surface area contributed by atoms with Crippen LogP contribution in [0.15, 0.2) is 42.6 Å². The van der Waals surface area contributed by atoms with Crippen LogP contribution in [-0.2, 0) is 4.74 Å². The summed E-state index contributed by atoms with van der Waals surface area (Å²) in [5, 5.41) is 2.84. The zero-order valence-electron chi connectivity index (χ0n) is 14.8. The average molecular weight is 344 g/mol.